The highest BCUT2D eigenvalue weighted by atomic mass is 15.3. The van der Waals surface area contributed by atoms with Gasteiger partial charge in [0.2, 0.25) is 0 Å². The molecule has 2 rings (SSSR count). The predicted molar refractivity (Wildman–Crippen MR) is 88.0 cm³/mol. The minimum atomic E-state index is 0.722. The fourth-order valence-corrected chi connectivity index (χ4v) is 2.08. The van der Waals surface area contributed by atoms with E-state index in [1.807, 2.05) is 49.5 Å². The number of nitrogens with zero attached hydrogens (tertiary/aromatic N) is 2. The summed E-state index contributed by atoms with van der Waals surface area (Å²) >= 11 is 0. The average molecular weight is 264 g/mol. The van der Waals surface area contributed by atoms with Gasteiger partial charge < -0.3 is 9.80 Å². The molecule has 0 fully saturated rings. The van der Waals surface area contributed by atoms with Crippen LogP contribution in [0.1, 0.15) is 0 Å². The summed E-state index contributed by atoms with van der Waals surface area (Å²) in [6, 6.07) is 20.4. The van der Waals surface area contributed by atoms with Crippen LogP contribution in [0.4, 0.5) is 11.4 Å². The van der Waals surface area contributed by atoms with Gasteiger partial charge in [0.1, 0.15) is 5.82 Å². The highest BCUT2D eigenvalue weighted by molar-refractivity contribution is 5.59. The first-order valence-electron chi connectivity index (χ1n) is 6.65. The van der Waals surface area contributed by atoms with Crippen LogP contribution >= 0.6 is 0 Å². The highest BCUT2D eigenvalue weighted by Crippen LogP contribution is 2.23. The van der Waals surface area contributed by atoms with Crippen LogP contribution in [0.2, 0.25) is 0 Å². The van der Waals surface area contributed by atoms with Crippen molar-refractivity contribution in [3.63, 3.8) is 0 Å². The Kier molecular flexibility index (Phi) is 4.61. The van der Waals surface area contributed by atoms with Gasteiger partial charge in [0.25, 0.3) is 0 Å². The molecule has 2 nitrogen and oxygen atoms in total. The van der Waals surface area contributed by atoms with E-state index in [2.05, 4.69) is 47.2 Å². The van der Waals surface area contributed by atoms with Crippen molar-refractivity contribution in [1.29, 1.82) is 0 Å². The second-order valence-corrected chi connectivity index (χ2v) is 4.55. The van der Waals surface area contributed by atoms with Gasteiger partial charge in [-0.25, -0.2) is 0 Å². The summed E-state index contributed by atoms with van der Waals surface area (Å²) in [5.74, 6) is 0.919. The third-order valence-electron chi connectivity index (χ3n) is 3.22. The largest absolute Gasteiger partial charge is 0.331 e. The number of hydrogen-bond donors (Lipinski definition) is 0. The van der Waals surface area contributed by atoms with Gasteiger partial charge in [0, 0.05) is 25.0 Å². The molecule has 2 aromatic carbocycles. The molecule has 0 amide bonds. The first kappa shape index (κ1) is 13.9. The summed E-state index contributed by atoms with van der Waals surface area (Å²) in [6.07, 6.45) is 1.89. The standard InChI is InChI=1S/C18H20N2/c1-4-15-20(18-13-9-6-10-14-18)16(2)19(3)17-11-7-5-8-12-17/h4-14H,1-2,15H2,3H3. The molecule has 0 radical (unpaired) electrons. The molecule has 20 heavy (non-hydrogen) atoms. The highest BCUT2D eigenvalue weighted by Gasteiger charge is 2.13. The average Bonchev–Trinajstić information content (AvgIpc) is 2.53. The maximum Gasteiger partial charge on any atom is 0.106 e. The molecular formula is C18H20N2. The summed E-state index contributed by atoms with van der Waals surface area (Å²) < 4.78 is 0. The fourth-order valence-electron chi connectivity index (χ4n) is 2.08. The molecule has 0 saturated carbocycles. The van der Waals surface area contributed by atoms with E-state index in [-0.39, 0.29) is 0 Å². The number of anilines is 2. The zero-order chi connectivity index (χ0) is 14.4. The van der Waals surface area contributed by atoms with E-state index in [4.69, 9.17) is 0 Å². The van der Waals surface area contributed by atoms with Crippen molar-refractivity contribution in [3.8, 4) is 0 Å². The zero-order valence-corrected chi connectivity index (χ0v) is 11.9. The summed E-state index contributed by atoms with van der Waals surface area (Å²) in [4.78, 5) is 4.22. The van der Waals surface area contributed by atoms with Crippen LogP contribution in [-0.2, 0) is 0 Å². The van der Waals surface area contributed by atoms with Gasteiger partial charge >= 0.3 is 0 Å². The van der Waals surface area contributed by atoms with E-state index in [9.17, 15) is 0 Å². The first-order valence-corrected chi connectivity index (χ1v) is 6.65. The van der Waals surface area contributed by atoms with Crippen LogP contribution in [0, 0.1) is 0 Å². The molecule has 2 aromatic rings. The molecule has 0 spiro atoms. The van der Waals surface area contributed by atoms with Gasteiger partial charge in [0.15, 0.2) is 0 Å². The van der Waals surface area contributed by atoms with Gasteiger partial charge in [-0.1, -0.05) is 49.1 Å². The lowest BCUT2D eigenvalue weighted by atomic mass is 10.2. The minimum Gasteiger partial charge on any atom is -0.331 e. The van der Waals surface area contributed by atoms with Crippen LogP contribution in [-0.4, -0.2) is 13.6 Å². The number of benzene rings is 2. The molecule has 0 aromatic heterocycles. The number of para-hydroxylation sites is 2. The van der Waals surface area contributed by atoms with Gasteiger partial charge in [-0.05, 0) is 24.3 Å². The van der Waals surface area contributed by atoms with Crippen LogP contribution < -0.4 is 9.80 Å². The first-order chi connectivity index (χ1) is 9.74. The van der Waals surface area contributed by atoms with E-state index >= 15 is 0 Å². The predicted octanol–water partition coefficient (Wildman–Crippen LogP) is 4.29. The zero-order valence-electron chi connectivity index (χ0n) is 11.9. The van der Waals surface area contributed by atoms with Crippen LogP contribution in [0.25, 0.3) is 0 Å². The minimum absolute atomic E-state index is 0.722. The Labute approximate surface area is 121 Å². The van der Waals surface area contributed by atoms with E-state index in [1.165, 1.54) is 0 Å². The SMILES string of the molecule is C=CCN(C(=C)N(C)c1ccccc1)c1ccccc1. The molecule has 0 atom stereocenters. The monoisotopic (exact) mass is 264 g/mol. The Morgan fingerprint density at radius 1 is 0.950 bits per heavy atom. The number of rotatable bonds is 6. The van der Waals surface area contributed by atoms with Crippen molar-refractivity contribution in [1.82, 2.24) is 0 Å². The van der Waals surface area contributed by atoms with Crippen molar-refractivity contribution >= 4 is 11.4 Å². The van der Waals surface area contributed by atoms with E-state index in [0.717, 1.165) is 23.7 Å². The summed E-state index contributed by atoms with van der Waals surface area (Å²) in [7, 11) is 2.02. The van der Waals surface area contributed by atoms with Crippen LogP contribution in [0.3, 0.4) is 0 Å². The third kappa shape index (κ3) is 3.09. The van der Waals surface area contributed by atoms with Gasteiger partial charge in [-0.15, -0.1) is 6.58 Å². The van der Waals surface area contributed by atoms with Crippen molar-refractivity contribution in [2.75, 3.05) is 23.4 Å². The molecule has 0 N–H and O–H groups in total. The maximum atomic E-state index is 4.23. The van der Waals surface area contributed by atoms with Gasteiger partial charge in [-0.3, -0.25) is 0 Å². The van der Waals surface area contributed by atoms with Crippen LogP contribution in [0.15, 0.2) is 85.7 Å². The molecule has 0 aliphatic rings. The molecule has 0 saturated heterocycles. The Morgan fingerprint density at radius 3 is 1.95 bits per heavy atom. The summed E-state index contributed by atoms with van der Waals surface area (Å²) in [5, 5.41) is 0. The quantitative estimate of drug-likeness (QED) is 0.718. The van der Waals surface area contributed by atoms with Crippen molar-refractivity contribution in [2.24, 2.45) is 0 Å². The molecular weight excluding hydrogens is 244 g/mol. The van der Waals surface area contributed by atoms with E-state index < -0.39 is 0 Å². The lowest BCUT2D eigenvalue weighted by Crippen LogP contribution is -2.32. The third-order valence-corrected chi connectivity index (χ3v) is 3.22. The molecule has 102 valence electrons. The Hall–Kier alpha value is -2.48. The lowest BCUT2D eigenvalue weighted by Gasteiger charge is -2.32. The Bertz CT molecular complexity index is 560. The molecule has 2 heteroatoms. The number of hydrogen-bond acceptors (Lipinski definition) is 2. The van der Waals surface area contributed by atoms with Crippen molar-refractivity contribution < 1.29 is 0 Å². The second-order valence-electron chi connectivity index (χ2n) is 4.55. The molecule has 0 bridgehead atoms. The maximum absolute atomic E-state index is 4.23. The van der Waals surface area contributed by atoms with Crippen molar-refractivity contribution in [3.05, 3.63) is 85.7 Å². The van der Waals surface area contributed by atoms with E-state index in [0.29, 0.717) is 0 Å². The Morgan fingerprint density at radius 2 is 1.45 bits per heavy atom. The Balaban J connectivity index is 2.26. The lowest BCUT2D eigenvalue weighted by molar-refractivity contribution is 0.937. The molecule has 0 unspecified atom stereocenters. The normalized spacial score (nSPS) is 9.85. The topological polar surface area (TPSA) is 6.48 Å². The molecule has 0 aliphatic heterocycles. The van der Waals surface area contributed by atoms with Gasteiger partial charge in [-0.2, -0.15) is 0 Å². The summed E-state index contributed by atoms with van der Waals surface area (Å²) in [6.45, 7) is 8.79. The second kappa shape index (κ2) is 6.62. The molecule has 0 aliphatic carbocycles. The fraction of sp³-hybridized carbons (Fsp3) is 0.111. The van der Waals surface area contributed by atoms with Gasteiger partial charge in [0.05, 0.1) is 0 Å². The smallest absolute Gasteiger partial charge is 0.106 e. The molecule has 0 heterocycles. The van der Waals surface area contributed by atoms with Crippen LogP contribution in [0.5, 0.6) is 0 Å². The summed E-state index contributed by atoms with van der Waals surface area (Å²) in [5.41, 5.74) is 2.22. The van der Waals surface area contributed by atoms with Crippen molar-refractivity contribution in [2.45, 2.75) is 0 Å². The van der Waals surface area contributed by atoms with E-state index in [1.54, 1.807) is 0 Å².